The number of benzene rings is 2. The molecule has 0 saturated carbocycles. The minimum atomic E-state index is -0.996. The molecule has 2 aromatic rings. The van der Waals surface area contributed by atoms with Gasteiger partial charge in [0.25, 0.3) is 0 Å². The lowest BCUT2D eigenvalue weighted by atomic mass is 10.0. The van der Waals surface area contributed by atoms with E-state index in [1.807, 2.05) is 24.3 Å². The molecule has 150 valence electrons. The molecule has 0 saturated heterocycles. The summed E-state index contributed by atoms with van der Waals surface area (Å²) < 4.78 is 19.9. The molecule has 0 spiro atoms. The monoisotopic (exact) mass is 451 g/mol. The van der Waals surface area contributed by atoms with Gasteiger partial charge in [0.15, 0.2) is 6.10 Å². The molecular weight excluding hydrogens is 429 g/mol. The molecule has 2 rings (SSSR count). The van der Waals surface area contributed by atoms with Gasteiger partial charge >= 0.3 is 5.97 Å². The van der Waals surface area contributed by atoms with Crippen molar-refractivity contribution in [3.8, 4) is 0 Å². The number of oxime groups is 1. The first kappa shape index (κ1) is 22.0. The number of carboxylic acid groups (broad SMARTS) is 1. The third kappa shape index (κ3) is 6.73. The molecule has 1 atom stereocenters. The number of carboxylic acids is 1. The van der Waals surface area contributed by atoms with Crippen LogP contribution in [-0.2, 0) is 27.4 Å². The number of carbonyl (C=O) groups is 1. The van der Waals surface area contributed by atoms with Crippen LogP contribution in [0.2, 0.25) is 0 Å². The second-order valence-electron chi connectivity index (χ2n) is 6.60. The molecule has 0 fully saturated rings. The Morgan fingerprint density at radius 3 is 2.64 bits per heavy atom. The molecular formula is C21H23BrFNO4. The zero-order valence-electron chi connectivity index (χ0n) is 16.0. The van der Waals surface area contributed by atoms with Crippen LogP contribution in [0.1, 0.15) is 37.5 Å². The standard InChI is InChI=1S/C21H23BrFNO4/c1-13(2)28-20(21(25)26)10-15-5-4-6-16(9-15)14(3)24-27-12-17-7-8-18(22)11-19(17)23/h4-9,11,13,20H,10,12H2,1-3H3,(H,25,26). The van der Waals surface area contributed by atoms with Crippen LogP contribution in [0.4, 0.5) is 4.39 Å². The molecule has 0 aliphatic rings. The molecule has 0 radical (unpaired) electrons. The van der Waals surface area contributed by atoms with Gasteiger partial charge in [0.1, 0.15) is 12.4 Å². The molecule has 0 aliphatic heterocycles. The van der Waals surface area contributed by atoms with E-state index in [-0.39, 0.29) is 24.9 Å². The van der Waals surface area contributed by atoms with E-state index in [4.69, 9.17) is 9.57 Å². The van der Waals surface area contributed by atoms with Crippen molar-refractivity contribution in [3.63, 3.8) is 0 Å². The Morgan fingerprint density at radius 2 is 2.00 bits per heavy atom. The minimum absolute atomic E-state index is 0.0134. The molecule has 7 heteroatoms. The van der Waals surface area contributed by atoms with Crippen molar-refractivity contribution in [2.75, 3.05) is 0 Å². The molecule has 0 heterocycles. The summed E-state index contributed by atoms with van der Waals surface area (Å²) in [5, 5.41) is 13.4. The highest BCUT2D eigenvalue weighted by atomic mass is 79.9. The Labute approximate surface area is 172 Å². The van der Waals surface area contributed by atoms with Gasteiger partial charge in [0.2, 0.25) is 0 Å². The Morgan fingerprint density at radius 1 is 1.25 bits per heavy atom. The van der Waals surface area contributed by atoms with Crippen molar-refractivity contribution in [1.29, 1.82) is 0 Å². The summed E-state index contributed by atoms with van der Waals surface area (Å²) in [4.78, 5) is 16.7. The van der Waals surface area contributed by atoms with E-state index in [1.165, 1.54) is 6.07 Å². The van der Waals surface area contributed by atoms with Crippen molar-refractivity contribution in [2.24, 2.45) is 5.16 Å². The summed E-state index contributed by atoms with van der Waals surface area (Å²) >= 11 is 3.21. The quantitative estimate of drug-likeness (QED) is 0.432. The van der Waals surface area contributed by atoms with Gasteiger partial charge < -0.3 is 14.7 Å². The number of rotatable bonds is 9. The van der Waals surface area contributed by atoms with E-state index in [1.54, 1.807) is 32.9 Å². The highest BCUT2D eigenvalue weighted by Crippen LogP contribution is 2.17. The van der Waals surface area contributed by atoms with E-state index >= 15 is 0 Å². The van der Waals surface area contributed by atoms with Crippen LogP contribution in [0.5, 0.6) is 0 Å². The molecule has 0 aliphatic carbocycles. The zero-order valence-corrected chi connectivity index (χ0v) is 17.6. The normalized spacial score (nSPS) is 12.9. The second-order valence-corrected chi connectivity index (χ2v) is 7.52. The van der Waals surface area contributed by atoms with Crippen LogP contribution >= 0.6 is 15.9 Å². The number of hydrogen-bond donors (Lipinski definition) is 1. The van der Waals surface area contributed by atoms with Crippen molar-refractivity contribution >= 4 is 27.6 Å². The predicted octanol–water partition coefficient (Wildman–Crippen LogP) is 4.95. The average molecular weight is 452 g/mol. The molecule has 2 aromatic carbocycles. The van der Waals surface area contributed by atoms with Gasteiger partial charge in [-0.2, -0.15) is 0 Å². The molecule has 0 amide bonds. The molecule has 28 heavy (non-hydrogen) atoms. The molecule has 5 nitrogen and oxygen atoms in total. The van der Waals surface area contributed by atoms with E-state index in [0.29, 0.717) is 15.7 Å². The number of ether oxygens (including phenoxy) is 1. The summed E-state index contributed by atoms with van der Waals surface area (Å²) in [5.41, 5.74) is 2.63. The lowest BCUT2D eigenvalue weighted by molar-refractivity contribution is -0.153. The maximum atomic E-state index is 13.8. The van der Waals surface area contributed by atoms with Crippen LogP contribution < -0.4 is 0 Å². The van der Waals surface area contributed by atoms with Crippen LogP contribution in [0, 0.1) is 5.82 Å². The highest BCUT2D eigenvalue weighted by Gasteiger charge is 2.20. The third-order valence-corrected chi connectivity index (χ3v) is 4.41. The Kier molecular flexibility index (Phi) is 8.14. The lowest BCUT2D eigenvalue weighted by Gasteiger charge is -2.16. The van der Waals surface area contributed by atoms with Gasteiger partial charge in [-0.1, -0.05) is 45.4 Å². The van der Waals surface area contributed by atoms with Gasteiger partial charge in [-0.3, -0.25) is 0 Å². The fourth-order valence-electron chi connectivity index (χ4n) is 2.55. The second kappa shape index (κ2) is 10.3. The van der Waals surface area contributed by atoms with Crippen LogP contribution in [-0.4, -0.2) is 29.0 Å². The van der Waals surface area contributed by atoms with Crippen LogP contribution in [0.25, 0.3) is 0 Å². The van der Waals surface area contributed by atoms with Crippen molar-refractivity contribution in [3.05, 3.63) is 69.4 Å². The van der Waals surface area contributed by atoms with Crippen LogP contribution in [0.15, 0.2) is 52.1 Å². The number of nitrogens with zero attached hydrogens (tertiary/aromatic N) is 1. The third-order valence-electron chi connectivity index (χ3n) is 3.91. The maximum absolute atomic E-state index is 13.8. The molecule has 0 bridgehead atoms. The lowest BCUT2D eigenvalue weighted by Crippen LogP contribution is -2.29. The predicted molar refractivity (Wildman–Crippen MR) is 109 cm³/mol. The minimum Gasteiger partial charge on any atom is -0.479 e. The first-order chi connectivity index (χ1) is 13.3. The molecule has 1 unspecified atom stereocenters. The van der Waals surface area contributed by atoms with Crippen molar-refractivity contribution < 1.29 is 23.9 Å². The van der Waals surface area contributed by atoms with Gasteiger partial charge in [-0.25, -0.2) is 9.18 Å². The average Bonchev–Trinajstić information content (AvgIpc) is 2.62. The number of aliphatic carboxylic acids is 1. The fraction of sp³-hybridized carbons (Fsp3) is 0.333. The van der Waals surface area contributed by atoms with E-state index in [0.717, 1.165) is 11.1 Å². The molecule has 0 aromatic heterocycles. The number of halogens is 2. The van der Waals surface area contributed by atoms with Crippen molar-refractivity contribution in [2.45, 2.75) is 46.0 Å². The Balaban J connectivity index is 2.05. The highest BCUT2D eigenvalue weighted by molar-refractivity contribution is 9.10. The fourth-order valence-corrected chi connectivity index (χ4v) is 2.88. The SMILES string of the molecule is CC(=NOCc1ccc(Br)cc1F)c1cccc(CC(OC(C)C)C(=O)O)c1. The van der Waals surface area contributed by atoms with Gasteiger partial charge in [0, 0.05) is 16.5 Å². The summed E-state index contributed by atoms with van der Waals surface area (Å²) in [6.07, 6.45) is -0.844. The van der Waals surface area contributed by atoms with E-state index in [9.17, 15) is 14.3 Å². The zero-order chi connectivity index (χ0) is 20.7. The summed E-state index contributed by atoms with van der Waals surface area (Å²) in [6, 6.07) is 12.1. The largest absolute Gasteiger partial charge is 0.479 e. The van der Waals surface area contributed by atoms with E-state index < -0.39 is 12.1 Å². The Bertz CT molecular complexity index is 854. The number of hydrogen-bond acceptors (Lipinski definition) is 4. The van der Waals surface area contributed by atoms with Gasteiger partial charge in [-0.05, 0) is 50.1 Å². The Hall–Kier alpha value is -2.25. The van der Waals surface area contributed by atoms with Gasteiger partial charge in [-0.15, -0.1) is 0 Å². The smallest absolute Gasteiger partial charge is 0.333 e. The summed E-state index contributed by atoms with van der Waals surface area (Å²) in [5.74, 6) is -1.36. The van der Waals surface area contributed by atoms with Gasteiger partial charge in [0.05, 0.1) is 11.8 Å². The summed E-state index contributed by atoms with van der Waals surface area (Å²) in [6.45, 7) is 5.39. The van der Waals surface area contributed by atoms with Crippen molar-refractivity contribution in [1.82, 2.24) is 0 Å². The summed E-state index contributed by atoms with van der Waals surface area (Å²) in [7, 11) is 0. The topological polar surface area (TPSA) is 68.1 Å². The van der Waals surface area contributed by atoms with E-state index in [2.05, 4.69) is 21.1 Å². The maximum Gasteiger partial charge on any atom is 0.333 e. The van der Waals surface area contributed by atoms with Crippen LogP contribution in [0.3, 0.4) is 0 Å². The first-order valence-corrected chi connectivity index (χ1v) is 9.63. The molecule has 1 N–H and O–H groups in total. The first-order valence-electron chi connectivity index (χ1n) is 8.84.